The van der Waals surface area contributed by atoms with Gasteiger partial charge in [-0.3, -0.25) is 0 Å². The van der Waals surface area contributed by atoms with Gasteiger partial charge >= 0.3 is 6.09 Å². The first kappa shape index (κ1) is 21.0. The molecule has 7 nitrogen and oxygen atoms in total. The van der Waals surface area contributed by atoms with E-state index in [1.54, 1.807) is 0 Å². The topological polar surface area (TPSA) is 82.6 Å². The van der Waals surface area contributed by atoms with Crippen molar-refractivity contribution in [2.75, 3.05) is 19.8 Å². The van der Waals surface area contributed by atoms with E-state index in [0.29, 0.717) is 37.8 Å². The van der Waals surface area contributed by atoms with Crippen LogP contribution in [0, 0.1) is 11.7 Å². The van der Waals surface area contributed by atoms with Crippen LogP contribution in [-0.4, -0.2) is 47.5 Å². The number of hydrogen-bond donors (Lipinski definition) is 1. The summed E-state index contributed by atoms with van der Waals surface area (Å²) in [6, 6.07) is 7.17. The van der Waals surface area contributed by atoms with Crippen LogP contribution in [0.2, 0.25) is 0 Å². The Morgan fingerprint density at radius 3 is 2.59 bits per heavy atom. The molecule has 1 fully saturated rings. The zero-order valence-electron chi connectivity index (χ0n) is 16.9. The number of hydrogen-bond acceptors (Lipinski definition) is 6. The van der Waals surface area contributed by atoms with Gasteiger partial charge in [0, 0.05) is 24.1 Å². The summed E-state index contributed by atoms with van der Waals surface area (Å²) in [7, 11) is 0. The minimum absolute atomic E-state index is 0.0105. The van der Waals surface area contributed by atoms with Crippen molar-refractivity contribution in [3.8, 4) is 17.1 Å². The largest absolute Gasteiger partial charge is 0.493 e. The monoisotopic (exact) mass is 403 g/mol. The molecule has 0 aliphatic carbocycles. The van der Waals surface area contributed by atoms with Crippen LogP contribution < -0.4 is 10.1 Å². The Balaban J connectivity index is 1.55. The molecule has 2 heterocycles. The summed E-state index contributed by atoms with van der Waals surface area (Å²) in [6.45, 7) is 6.98. The summed E-state index contributed by atoms with van der Waals surface area (Å²) in [5.74, 6) is 0.659. The Morgan fingerprint density at radius 1 is 1.24 bits per heavy atom. The van der Waals surface area contributed by atoms with Gasteiger partial charge in [-0.2, -0.15) is 0 Å². The first-order chi connectivity index (χ1) is 13.8. The Kier molecular flexibility index (Phi) is 6.64. The van der Waals surface area contributed by atoms with Crippen molar-refractivity contribution in [1.82, 2.24) is 15.3 Å². The van der Waals surface area contributed by atoms with Crippen molar-refractivity contribution >= 4 is 6.09 Å². The lowest BCUT2D eigenvalue weighted by molar-refractivity contribution is 0.00439. The summed E-state index contributed by atoms with van der Waals surface area (Å²) >= 11 is 0. The minimum atomic E-state index is -0.544. The highest BCUT2D eigenvalue weighted by atomic mass is 19.1. The number of ether oxygens (including phenoxy) is 3. The molecule has 1 aliphatic heterocycles. The number of rotatable bonds is 5. The number of halogens is 1. The maximum atomic E-state index is 12.9. The van der Waals surface area contributed by atoms with Crippen LogP contribution in [0.5, 0.6) is 5.75 Å². The molecule has 1 aliphatic rings. The summed E-state index contributed by atoms with van der Waals surface area (Å²) in [5, 5.41) is 2.93. The first-order valence-electron chi connectivity index (χ1n) is 9.58. The van der Waals surface area contributed by atoms with E-state index in [2.05, 4.69) is 15.3 Å². The average molecular weight is 403 g/mol. The second-order valence-electron chi connectivity index (χ2n) is 7.94. The molecule has 0 saturated carbocycles. The second kappa shape index (κ2) is 9.17. The molecular weight excluding hydrogens is 377 g/mol. The molecule has 0 radical (unpaired) electrons. The summed E-state index contributed by atoms with van der Waals surface area (Å²) in [4.78, 5) is 20.0. The molecule has 1 amide bonds. The lowest BCUT2D eigenvalue weighted by Crippen LogP contribution is -2.48. The maximum absolute atomic E-state index is 12.9. The third kappa shape index (κ3) is 6.39. The van der Waals surface area contributed by atoms with Gasteiger partial charge in [-0.05, 0) is 51.5 Å². The fraction of sp³-hybridized carbons (Fsp3) is 0.476. The predicted octanol–water partition coefficient (Wildman–Crippen LogP) is 3.59. The van der Waals surface area contributed by atoms with Crippen molar-refractivity contribution in [1.29, 1.82) is 0 Å². The number of carbonyl (C=O) groups is 1. The van der Waals surface area contributed by atoms with Crippen molar-refractivity contribution in [2.24, 2.45) is 5.92 Å². The van der Waals surface area contributed by atoms with Gasteiger partial charge in [0.25, 0.3) is 0 Å². The molecule has 0 spiro atoms. The molecular formula is C21H26FN3O4. The van der Waals surface area contributed by atoms with Gasteiger partial charge in [0.2, 0.25) is 0 Å². The number of aromatic nitrogens is 2. The van der Waals surface area contributed by atoms with Gasteiger partial charge in [0.15, 0.2) is 11.6 Å². The Morgan fingerprint density at radius 2 is 1.93 bits per heavy atom. The molecule has 1 N–H and O–H groups in total. The average Bonchev–Trinajstić information content (AvgIpc) is 2.67. The standard InChI is InChI=1S/C21H26FN3O4/c1-21(2,3)29-20(26)25-18-8-9-27-12-15(18)13-28-17-6-4-14(5-7-17)19-23-10-16(22)11-24-19/h4-7,10-11,15,18H,8-9,12-13H2,1-3H3,(H,25,26)/t15-,18+/m1/s1. The number of nitrogens with zero attached hydrogens (tertiary/aromatic N) is 2. The van der Waals surface area contributed by atoms with Gasteiger partial charge in [0.05, 0.1) is 25.6 Å². The van der Waals surface area contributed by atoms with E-state index in [9.17, 15) is 9.18 Å². The zero-order chi connectivity index (χ0) is 20.9. The van der Waals surface area contributed by atoms with Crippen molar-refractivity contribution in [3.05, 3.63) is 42.5 Å². The van der Waals surface area contributed by atoms with E-state index in [-0.39, 0.29) is 12.0 Å². The molecule has 1 aromatic carbocycles. The molecule has 8 heteroatoms. The highest BCUT2D eigenvalue weighted by Crippen LogP contribution is 2.22. The van der Waals surface area contributed by atoms with Crippen molar-refractivity contribution in [3.63, 3.8) is 0 Å². The molecule has 0 bridgehead atoms. The van der Waals surface area contributed by atoms with E-state index in [0.717, 1.165) is 18.0 Å². The Labute approximate surface area is 169 Å². The van der Waals surface area contributed by atoms with Crippen LogP contribution in [0.4, 0.5) is 9.18 Å². The maximum Gasteiger partial charge on any atom is 0.407 e. The van der Waals surface area contributed by atoms with Crippen molar-refractivity contribution < 1.29 is 23.4 Å². The fourth-order valence-electron chi connectivity index (χ4n) is 2.97. The van der Waals surface area contributed by atoms with E-state index in [1.165, 1.54) is 0 Å². The smallest absolute Gasteiger partial charge is 0.407 e. The minimum Gasteiger partial charge on any atom is -0.493 e. The highest BCUT2D eigenvalue weighted by molar-refractivity contribution is 5.68. The van der Waals surface area contributed by atoms with Crippen LogP contribution >= 0.6 is 0 Å². The quantitative estimate of drug-likeness (QED) is 0.822. The number of benzene rings is 1. The summed E-state index contributed by atoms with van der Waals surface area (Å²) < 4.78 is 29.7. The van der Waals surface area contributed by atoms with Crippen LogP contribution in [0.25, 0.3) is 11.4 Å². The second-order valence-corrected chi connectivity index (χ2v) is 7.94. The van der Waals surface area contributed by atoms with Crippen LogP contribution in [0.3, 0.4) is 0 Å². The van der Waals surface area contributed by atoms with Gasteiger partial charge in [-0.1, -0.05) is 0 Å². The molecule has 29 heavy (non-hydrogen) atoms. The third-order valence-corrected chi connectivity index (χ3v) is 4.37. The van der Waals surface area contributed by atoms with Gasteiger partial charge < -0.3 is 19.5 Å². The molecule has 2 atom stereocenters. The molecule has 2 aromatic rings. The third-order valence-electron chi connectivity index (χ3n) is 4.37. The zero-order valence-corrected chi connectivity index (χ0v) is 16.9. The van der Waals surface area contributed by atoms with Gasteiger partial charge in [-0.15, -0.1) is 0 Å². The SMILES string of the molecule is CC(C)(C)OC(=O)N[C@H]1CCOC[C@@H]1COc1ccc(-c2ncc(F)cn2)cc1. The number of nitrogens with one attached hydrogen (secondary N) is 1. The fourth-order valence-corrected chi connectivity index (χ4v) is 2.97. The predicted molar refractivity (Wildman–Crippen MR) is 105 cm³/mol. The van der Waals surface area contributed by atoms with E-state index >= 15 is 0 Å². The molecule has 3 rings (SSSR count). The molecule has 1 saturated heterocycles. The van der Waals surface area contributed by atoms with E-state index in [4.69, 9.17) is 14.2 Å². The van der Waals surface area contributed by atoms with E-state index in [1.807, 2.05) is 45.0 Å². The molecule has 156 valence electrons. The van der Waals surface area contributed by atoms with Gasteiger partial charge in [-0.25, -0.2) is 19.2 Å². The summed E-state index contributed by atoms with van der Waals surface area (Å²) in [6.07, 6.45) is 2.54. The van der Waals surface area contributed by atoms with Gasteiger partial charge in [0.1, 0.15) is 11.4 Å². The lowest BCUT2D eigenvalue weighted by Gasteiger charge is -2.32. The number of carbonyl (C=O) groups excluding carboxylic acids is 1. The van der Waals surface area contributed by atoms with Crippen LogP contribution in [-0.2, 0) is 9.47 Å². The van der Waals surface area contributed by atoms with Crippen LogP contribution in [0.15, 0.2) is 36.7 Å². The Hall–Kier alpha value is -2.74. The Bertz CT molecular complexity index is 806. The first-order valence-corrected chi connectivity index (χ1v) is 9.58. The van der Waals surface area contributed by atoms with E-state index < -0.39 is 17.5 Å². The number of alkyl carbamates (subject to hydrolysis) is 1. The summed E-state index contributed by atoms with van der Waals surface area (Å²) in [5.41, 5.74) is 0.222. The van der Waals surface area contributed by atoms with Crippen LogP contribution in [0.1, 0.15) is 27.2 Å². The van der Waals surface area contributed by atoms with Crippen molar-refractivity contribution in [2.45, 2.75) is 38.8 Å². The number of amides is 1. The highest BCUT2D eigenvalue weighted by Gasteiger charge is 2.29. The lowest BCUT2D eigenvalue weighted by atomic mass is 9.97. The molecule has 1 aromatic heterocycles. The normalized spacial score (nSPS) is 19.4. The molecule has 0 unspecified atom stereocenters.